The summed E-state index contributed by atoms with van der Waals surface area (Å²) in [6.45, 7) is 11.4. The van der Waals surface area contributed by atoms with Crippen molar-refractivity contribution in [2.45, 2.75) is 78.4 Å². The highest BCUT2D eigenvalue weighted by Crippen LogP contribution is 2.68. The van der Waals surface area contributed by atoms with Crippen molar-refractivity contribution in [3.8, 4) is 0 Å². The summed E-state index contributed by atoms with van der Waals surface area (Å²) >= 11 is 0. The second-order valence-electron chi connectivity index (χ2n) is 9.25. The van der Waals surface area contributed by atoms with Crippen molar-refractivity contribution in [2.75, 3.05) is 13.2 Å². The number of hydrogen-bond donors (Lipinski definition) is 0. The molecule has 4 aliphatic rings. The molecule has 0 aromatic carbocycles. The number of allylic oxidation sites excluding steroid dienone is 2. The minimum atomic E-state index is -0.319. The topological polar surface area (TPSA) is 18.5 Å². The Kier molecular flexibility index (Phi) is 3.18. The molecule has 1 saturated heterocycles. The monoisotopic (exact) mass is 304 g/mol. The van der Waals surface area contributed by atoms with Crippen molar-refractivity contribution >= 4 is 0 Å². The van der Waals surface area contributed by atoms with Crippen molar-refractivity contribution in [1.29, 1.82) is 0 Å². The summed E-state index contributed by atoms with van der Waals surface area (Å²) in [5, 5.41) is 0. The van der Waals surface area contributed by atoms with E-state index < -0.39 is 0 Å². The Hall–Kier alpha value is -0.340. The van der Waals surface area contributed by atoms with Crippen LogP contribution in [0.15, 0.2) is 11.6 Å². The first-order valence-corrected chi connectivity index (χ1v) is 9.33. The van der Waals surface area contributed by atoms with Gasteiger partial charge >= 0.3 is 0 Å². The van der Waals surface area contributed by atoms with Crippen LogP contribution in [-0.4, -0.2) is 19.0 Å². The number of fused-ring (bicyclic) bond motifs is 3. The summed E-state index contributed by atoms with van der Waals surface area (Å²) in [4.78, 5) is 0. The standard InChI is InChI=1S/C20H32O2/c1-17(2)15-8-10-18(3)9-6-5-7-16(18)19(15,4)11-12-20(17)21-13-14-22-20/h7,15H,5-6,8-14H2,1-4H3/t15-,18+,19-/m0/s1. The Morgan fingerprint density at radius 2 is 1.68 bits per heavy atom. The first-order chi connectivity index (χ1) is 10.3. The number of rotatable bonds is 0. The second-order valence-corrected chi connectivity index (χ2v) is 9.25. The SMILES string of the molecule is CC1(C)[C@@H]2CC[C@@]3(C)CCCC=C3[C@@]2(C)CCC12OCCO2. The molecule has 1 spiro atoms. The molecule has 2 heteroatoms. The van der Waals surface area contributed by atoms with Crippen molar-refractivity contribution < 1.29 is 9.47 Å². The quantitative estimate of drug-likeness (QED) is 0.581. The maximum atomic E-state index is 6.21. The maximum absolute atomic E-state index is 6.21. The molecule has 3 aliphatic carbocycles. The smallest absolute Gasteiger partial charge is 0.173 e. The lowest BCUT2D eigenvalue weighted by Crippen LogP contribution is -2.61. The second kappa shape index (κ2) is 4.60. The average Bonchev–Trinajstić information content (AvgIpc) is 2.94. The maximum Gasteiger partial charge on any atom is 0.173 e. The fourth-order valence-electron chi connectivity index (χ4n) is 6.72. The van der Waals surface area contributed by atoms with Crippen LogP contribution in [0, 0.1) is 22.2 Å². The van der Waals surface area contributed by atoms with Crippen LogP contribution in [0.25, 0.3) is 0 Å². The van der Waals surface area contributed by atoms with Crippen molar-refractivity contribution in [2.24, 2.45) is 22.2 Å². The van der Waals surface area contributed by atoms with Crippen molar-refractivity contribution in [1.82, 2.24) is 0 Å². The van der Waals surface area contributed by atoms with Gasteiger partial charge in [-0.05, 0) is 55.3 Å². The van der Waals surface area contributed by atoms with Crippen LogP contribution in [0.4, 0.5) is 0 Å². The Labute approximate surface area is 135 Å². The van der Waals surface area contributed by atoms with Gasteiger partial charge in [0.1, 0.15) is 0 Å². The summed E-state index contributed by atoms with van der Waals surface area (Å²) in [7, 11) is 0. The summed E-state index contributed by atoms with van der Waals surface area (Å²) in [5.41, 5.74) is 2.68. The van der Waals surface area contributed by atoms with Gasteiger partial charge in [-0.25, -0.2) is 0 Å². The zero-order valence-electron chi connectivity index (χ0n) is 14.8. The summed E-state index contributed by atoms with van der Waals surface area (Å²) in [6.07, 6.45) is 11.6. The van der Waals surface area contributed by atoms with Gasteiger partial charge in [-0.1, -0.05) is 39.3 Å². The molecule has 22 heavy (non-hydrogen) atoms. The summed E-state index contributed by atoms with van der Waals surface area (Å²) in [6, 6.07) is 0. The molecule has 0 amide bonds. The Balaban J connectivity index is 1.76. The third-order valence-corrected chi connectivity index (χ3v) is 7.88. The minimum absolute atomic E-state index is 0.0934. The predicted molar refractivity (Wildman–Crippen MR) is 88.5 cm³/mol. The molecule has 2 saturated carbocycles. The molecule has 1 aliphatic heterocycles. The lowest BCUT2D eigenvalue weighted by Gasteiger charge is -2.64. The van der Waals surface area contributed by atoms with E-state index >= 15 is 0 Å². The van der Waals surface area contributed by atoms with Crippen molar-refractivity contribution in [3.05, 3.63) is 11.6 Å². The lowest BCUT2D eigenvalue weighted by atomic mass is 9.43. The van der Waals surface area contributed by atoms with E-state index in [2.05, 4.69) is 33.8 Å². The molecule has 4 rings (SSSR count). The van der Waals surface area contributed by atoms with Gasteiger partial charge in [0.15, 0.2) is 5.79 Å². The summed E-state index contributed by atoms with van der Waals surface area (Å²) in [5.74, 6) is 0.351. The molecule has 0 bridgehead atoms. The Bertz CT molecular complexity index is 500. The van der Waals surface area contributed by atoms with Crippen LogP contribution in [0.1, 0.15) is 72.6 Å². The highest BCUT2D eigenvalue weighted by molar-refractivity contribution is 5.31. The van der Waals surface area contributed by atoms with Gasteiger partial charge < -0.3 is 9.47 Å². The molecule has 0 radical (unpaired) electrons. The predicted octanol–water partition coefficient (Wildman–Crippen LogP) is 5.08. The zero-order valence-corrected chi connectivity index (χ0v) is 14.8. The molecule has 3 atom stereocenters. The number of hydrogen-bond acceptors (Lipinski definition) is 2. The first-order valence-electron chi connectivity index (χ1n) is 9.33. The Morgan fingerprint density at radius 3 is 2.41 bits per heavy atom. The molecular weight excluding hydrogens is 272 g/mol. The summed E-state index contributed by atoms with van der Waals surface area (Å²) < 4.78 is 12.4. The minimum Gasteiger partial charge on any atom is -0.347 e. The largest absolute Gasteiger partial charge is 0.347 e. The van der Waals surface area contributed by atoms with Crippen LogP contribution in [0.5, 0.6) is 0 Å². The fraction of sp³-hybridized carbons (Fsp3) is 0.900. The van der Waals surface area contributed by atoms with E-state index in [4.69, 9.17) is 9.47 Å². The Morgan fingerprint density at radius 1 is 0.955 bits per heavy atom. The van der Waals surface area contributed by atoms with Crippen LogP contribution in [-0.2, 0) is 9.47 Å². The normalized spacial score (nSPS) is 46.0. The molecule has 0 aromatic heterocycles. The van der Waals surface area contributed by atoms with Crippen LogP contribution in [0.2, 0.25) is 0 Å². The molecule has 3 fully saturated rings. The average molecular weight is 304 g/mol. The fourth-order valence-corrected chi connectivity index (χ4v) is 6.72. The van der Waals surface area contributed by atoms with Gasteiger partial charge in [0.25, 0.3) is 0 Å². The van der Waals surface area contributed by atoms with E-state index in [1.54, 1.807) is 5.57 Å². The van der Waals surface area contributed by atoms with Crippen LogP contribution in [0.3, 0.4) is 0 Å². The van der Waals surface area contributed by atoms with Gasteiger partial charge in [-0.15, -0.1) is 0 Å². The van der Waals surface area contributed by atoms with Gasteiger partial charge in [0.05, 0.1) is 13.2 Å². The van der Waals surface area contributed by atoms with E-state index in [9.17, 15) is 0 Å². The van der Waals surface area contributed by atoms with E-state index in [0.717, 1.165) is 19.6 Å². The van der Waals surface area contributed by atoms with Gasteiger partial charge in [0, 0.05) is 11.8 Å². The van der Waals surface area contributed by atoms with Gasteiger partial charge in [0.2, 0.25) is 0 Å². The van der Waals surface area contributed by atoms with Crippen LogP contribution < -0.4 is 0 Å². The van der Waals surface area contributed by atoms with E-state index in [0.29, 0.717) is 16.7 Å². The number of ether oxygens (including phenoxy) is 2. The first kappa shape index (κ1) is 15.2. The molecule has 124 valence electrons. The lowest BCUT2D eigenvalue weighted by molar-refractivity contribution is -0.285. The third kappa shape index (κ3) is 1.74. The third-order valence-electron chi connectivity index (χ3n) is 7.88. The molecule has 0 aromatic rings. The molecule has 2 nitrogen and oxygen atoms in total. The molecule has 1 heterocycles. The highest BCUT2D eigenvalue weighted by Gasteiger charge is 2.65. The van der Waals surface area contributed by atoms with E-state index in [-0.39, 0.29) is 11.2 Å². The molecule has 0 N–H and O–H groups in total. The zero-order chi connectivity index (χ0) is 15.6. The highest BCUT2D eigenvalue weighted by atomic mass is 16.7. The van der Waals surface area contributed by atoms with E-state index in [1.807, 2.05) is 0 Å². The molecule has 0 unspecified atom stereocenters. The van der Waals surface area contributed by atoms with E-state index in [1.165, 1.54) is 38.5 Å². The van der Waals surface area contributed by atoms with Crippen molar-refractivity contribution in [3.63, 3.8) is 0 Å². The van der Waals surface area contributed by atoms with Gasteiger partial charge in [-0.2, -0.15) is 0 Å². The van der Waals surface area contributed by atoms with Crippen LogP contribution >= 0.6 is 0 Å². The molecular formula is C20H32O2. The van der Waals surface area contributed by atoms with Gasteiger partial charge in [-0.3, -0.25) is 0 Å².